The van der Waals surface area contributed by atoms with Crippen molar-refractivity contribution in [2.45, 2.75) is 124 Å². The summed E-state index contributed by atoms with van der Waals surface area (Å²) in [6.07, 6.45) is 14.6. The van der Waals surface area contributed by atoms with Gasteiger partial charge in [-0.15, -0.1) is 0 Å². The molecule has 0 aliphatic heterocycles. The van der Waals surface area contributed by atoms with Gasteiger partial charge in [-0.05, 0) is 111 Å². The zero-order valence-electron chi connectivity index (χ0n) is 22.5. The molecule has 3 heteroatoms. The van der Waals surface area contributed by atoms with E-state index in [0.717, 1.165) is 49.4 Å². The molecule has 4 rings (SSSR count). The van der Waals surface area contributed by atoms with Gasteiger partial charge in [-0.2, -0.15) is 0 Å². The Balaban J connectivity index is 1.47. The number of carbonyl (C=O) groups is 1. The molecule has 1 N–H and O–H groups in total. The van der Waals surface area contributed by atoms with Gasteiger partial charge in [0.2, 0.25) is 0 Å². The summed E-state index contributed by atoms with van der Waals surface area (Å²) >= 11 is 0. The average molecular weight is 459 g/mol. The lowest BCUT2D eigenvalue weighted by molar-refractivity contribution is -0.148. The van der Waals surface area contributed by atoms with E-state index in [1.807, 2.05) is 6.92 Å². The van der Waals surface area contributed by atoms with E-state index in [9.17, 15) is 9.90 Å². The van der Waals surface area contributed by atoms with Crippen LogP contribution >= 0.6 is 0 Å². The minimum Gasteiger partial charge on any atom is -0.462 e. The molecule has 0 radical (unpaired) electrons. The predicted octanol–water partition coefficient (Wildman–Crippen LogP) is 7.32. The normalized spacial score (nSPS) is 43.1. The first-order chi connectivity index (χ1) is 15.4. The van der Waals surface area contributed by atoms with E-state index in [-0.39, 0.29) is 12.1 Å². The van der Waals surface area contributed by atoms with Gasteiger partial charge in [0.15, 0.2) is 0 Å². The lowest BCUT2D eigenvalue weighted by atomic mass is 9.47. The van der Waals surface area contributed by atoms with Gasteiger partial charge in [0.1, 0.15) is 6.10 Å². The van der Waals surface area contributed by atoms with E-state index in [0.29, 0.717) is 22.7 Å². The molecule has 4 unspecified atom stereocenters. The molecule has 0 heterocycles. The molecule has 0 aromatic heterocycles. The number of fused-ring (bicyclic) bond motifs is 5. The maximum Gasteiger partial charge on any atom is 0.302 e. The predicted molar refractivity (Wildman–Crippen MR) is 135 cm³/mol. The Labute approximate surface area is 203 Å². The highest BCUT2D eigenvalue weighted by atomic mass is 16.5. The summed E-state index contributed by atoms with van der Waals surface area (Å²) in [4.78, 5) is 11.5. The number of esters is 1. The van der Waals surface area contributed by atoms with E-state index in [2.05, 4.69) is 40.7 Å². The van der Waals surface area contributed by atoms with Crippen molar-refractivity contribution in [2.24, 2.45) is 46.3 Å². The van der Waals surface area contributed by atoms with Crippen molar-refractivity contribution < 1.29 is 14.6 Å². The lowest BCUT2D eigenvalue weighted by Gasteiger charge is -2.58. The van der Waals surface area contributed by atoms with Crippen LogP contribution in [0.25, 0.3) is 0 Å². The molecule has 4 aliphatic carbocycles. The Kier molecular flexibility index (Phi) is 6.89. The Hall–Kier alpha value is -0.830. The van der Waals surface area contributed by atoms with Crippen LogP contribution in [0.15, 0.2) is 11.6 Å². The van der Waals surface area contributed by atoms with Crippen LogP contribution in [0.3, 0.4) is 0 Å². The van der Waals surface area contributed by atoms with E-state index in [1.54, 1.807) is 12.5 Å². The van der Waals surface area contributed by atoms with E-state index in [1.165, 1.54) is 38.5 Å². The minimum absolute atomic E-state index is 0.0898. The van der Waals surface area contributed by atoms with Crippen molar-refractivity contribution in [2.75, 3.05) is 0 Å². The fourth-order valence-corrected chi connectivity index (χ4v) is 8.95. The molecule has 3 saturated carbocycles. The van der Waals surface area contributed by atoms with Gasteiger partial charge >= 0.3 is 5.97 Å². The Morgan fingerprint density at radius 1 is 1.15 bits per heavy atom. The van der Waals surface area contributed by atoms with Gasteiger partial charge in [0.05, 0.1) is 5.60 Å². The molecule has 3 nitrogen and oxygen atoms in total. The Morgan fingerprint density at radius 3 is 2.55 bits per heavy atom. The van der Waals surface area contributed by atoms with Crippen LogP contribution in [0.5, 0.6) is 0 Å². The molecular weight excluding hydrogens is 408 g/mol. The molecule has 33 heavy (non-hydrogen) atoms. The zero-order valence-corrected chi connectivity index (χ0v) is 22.5. The molecule has 0 aromatic carbocycles. The van der Waals surface area contributed by atoms with Crippen molar-refractivity contribution in [1.82, 2.24) is 0 Å². The standard InChI is InChI=1S/C30H50O3/c1-19(2)30(7,32)17-12-20(3)25-10-11-26-24-9-8-22-18-23(33-21(4)31)13-15-28(22,5)27(24)14-16-29(25,26)6/h8,19-20,23-27,32H,9-18H2,1-7H3/t20-,23+,24?,25-,26?,27?,28+,29-,30?/m1/s1. The van der Waals surface area contributed by atoms with E-state index in [4.69, 9.17) is 4.74 Å². The largest absolute Gasteiger partial charge is 0.462 e. The second kappa shape index (κ2) is 8.99. The summed E-state index contributed by atoms with van der Waals surface area (Å²) in [5, 5.41) is 10.8. The molecule has 3 fully saturated rings. The van der Waals surface area contributed by atoms with Gasteiger partial charge in [-0.1, -0.05) is 46.3 Å². The number of hydrogen-bond donors (Lipinski definition) is 1. The van der Waals surface area contributed by atoms with E-state index >= 15 is 0 Å². The molecule has 4 aliphatic rings. The lowest BCUT2D eigenvalue weighted by Crippen LogP contribution is -2.51. The molecule has 0 saturated heterocycles. The van der Waals surface area contributed by atoms with Crippen LogP contribution in [0.4, 0.5) is 0 Å². The number of rotatable bonds is 6. The van der Waals surface area contributed by atoms with Gasteiger partial charge in [-0.25, -0.2) is 0 Å². The quantitative estimate of drug-likeness (QED) is 0.335. The molecular formula is C30H50O3. The van der Waals surface area contributed by atoms with Crippen molar-refractivity contribution >= 4 is 5.97 Å². The number of allylic oxidation sites excluding steroid dienone is 1. The Morgan fingerprint density at radius 2 is 1.88 bits per heavy atom. The van der Waals surface area contributed by atoms with Crippen molar-refractivity contribution in [3.8, 4) is 0 Å². The summed E-state index contributed by atoms with van der Waals surface area (Å²) in [6, 6.07) is 0. The SMILES string of the molecule is CC(=O)O[C@H]1CC[C@@]2(C)C(=CCC3C2CC[C@@]2(C)C3CC[C@@H]2[C@H](C)CCC(C)(O)C(C)C)C1. The van der Waals surface area contributed by atoms with E-state index < -0.39 is 5.60 Å². The molecule has 0 spiro atoms. The minimum atomic E-state index is -0.547. The summed E-state index contributed by atoms with van der Waals surface area (Å²) in [5.41, 5.74) is 1.81. The highest BCUT2D eigenvalue weighted by molar-refractivity contribution is 5.66. The average Bonchev–Trinajstić information content (AvgIpc) is 3.09. The smallest absolute Gasteiger partial charge is 0.302 e. The summed E-state index contributed by atoms with van der Waals surface area (Å²) in [5.74, 6) is 4.12. The fourth-order valence-electron chi connectivity index (χ4n) is 8.95. The van der Waals surface area contributed by atoms with Crippen molar-refractivity contribution in [1.29, 1.82) is 0 Å². The number of ether oxygens (including phenoxy) is 1. The van der Waals surface area contributed by atoms with Crippen LogP contribution < -0.4 is 0 Å². The van der Waals surface area contributed by atoms with Gasteiger partial charge in [-0.3, -0.25) is 4.79 Å². The molecule has 188 valence electrons. The Bertz CT molecular complexity index is 767. The third kappa shape index (κ3) is 4.45. The monoisotopic (exact) mass is 458 g/mol. The molecule has 9 atom stereocenters. The maximum atomic E-state index is 11.5. The highest BCUT2D eigenvalue weighted by Gasteiger charge is 2.59. The van der Waals surface area contributed by atoms with Crippen molar-refractivity contribution in [3.63, 3.8) is 0 Å². The topological polar surface area (TPSA) is 46.5 Å². The highest BCUT2D eigenvalue weighted by Crippen LogP contribution is 2.67. The van der Waals surface area contributed by atoms with Gasteiger partial charge in [0.25, 0.3) is 0 Å². The second-order valence-electron chi connectivity index (χ2n) is 13.5. The van der Waals surface area contributed by atoms with Crippen LogP contribution in [0.1, 0.15) is 113 Å². The second-order valence-corrected chi connectivity index (χ2v) is 13.5. The number of aliphatic hydroxyl groups is 1. The summed E-state index contributed by atoms with van der Waals surface area (Å²) in [6.45, 7) is 15.5. The molecule has 0 amide bonds. The van der Waals surface area contributed by atoms with Gasteiger partial charge in [0, 0.05) is 13.3 Å². The summed E-state index contributed by atoms with van der Waals surface area (Å²) < 4.78 is 5.61. The first-order valence-electron chi connectivity index (χ1n) is 14.0. The van der Waals surface area contributed by atoms with Crippen LogP contribution in [-0.2, 0) is 9.53 Å². The maximum absolute atomic E-state index is 11.5. The van der Waals surface area contributed by atoms with Crippen molar-refractivity contribution in [3.05, 3.63) is 11.6 Å². The number of carbonyl (C=O) groups excluding carboxylic acids is 1. The fraction of sp³-hybridized carbons (Fsp3) is 0.900. The van der Waals surface area contributed by atoms with Crippen LogP contribution in [0.2, 0.25) is 0 Å². The van der Waals surface area contributed by atoms with Gasteiger partial charge < -0.3 is 9.84 Å². The summed E-state index contributed by atoms with van der Waals surface area (Å²) in [7, 11) is 0. The number of hydrogen-bond acceptors (Lipinski definition) is 3. The first-order valence-corrected chi connectivity index (χ1v) is 14.0. The van der Waals surface area contributed by atoms with Crippen LogP contribution in [-0.4, -0.2) is 22.8 Å². The third-order valence-corrected chi connectivity index (χ3v) is 11.5. The first kappa shape index (κ1) is 25.3. The molecule has 0 bridgehead atoms. The molecule has 0 aromatic rings. The third-order valence-electron chi connectivity index (χ3n) is 11.5. The van der Waals surface area contributed by atoms with Crippen LogP contribution in [0, 0.1) is 46.3 Å². The zero-order chi connectivity index (χ0) is 24.2.